The molecule has 1 N–H and O–H groups in total. The van der Waals surface area contributed by atoms with Crippen molar-refractivity contribution in [3.8, 4) is 18.1 Å². The molecule has 0 radical (unpaired) electrons. The van der Waals surface area contributed by atoms with Gasteiger partial charge in [0.15, 0.2) is 0 Å². The van der Waals surface area contributed by atoms with Gasteiger partial charge in [0.25, 0.3) is 0 Å². The van der Waals surface area contributed by atoms with Gasteiger partial charge in [0.05, 0.1) is 15.6 Å². The fourth-order valence-corrected chi connectivity index (χ4v) is 3.12. The minimum Gasteiger partial charge on any atom is -0.491 e. The van der Waals surface area contributed by atoms with E-state index in [0.717, 1.165) is 47.0 Å². The normalized spacial score (nSPS) is 10.2. The number of rotatable bonds is 8. The Balaban J connectivity index is 2.61. The monoisotopic (exact) mass is 387 g/mol. The number of halogens is 2. The molecule has 2 nitrogen and oxygen atoms in total. The van der Waals surface area contributed by atoms with E-state index in [-0.39, 0.29) is 0 Å². The van der Waals surface area contributed by atoms with Gasteiger partial charge in [-0.15, -0.1) is 12.3 Å². The first-order valence-electron chi connectivity index (χ1n) is 6.44. The molecule has 0 saturated carbocycles. The minimum atomic E-state index is 0.634. The van der Waals surface area contributed by atoms with E-state index in [4.69, 9.17) is 11.2 Å². The van der Waals surface area contributed by atoms with Gasteiger partial charge in [-0.1, -0.05) is 6.92 Å². The first-order chi connectivity index (χ1) is 9.19. The van der Waals surface area contributed by atoms with E-state index in [1.54, 1.807) is 0 Å². The summed E-state index contributed by atoms with van der Waals surface area (Å²) in [6.07, 6.45) is 7.97. The lowest BCUT2D eigenvalue weighted by atomic mass is 10.2. The summed E-state index contributed by atoms with van der Waals surface area (Å²) in [4.78, 5) is 0. The smallest absolute Gasteiger partial charge is 0.147 e. The quantitative estimate of drug-likeness (QED) is 0.522. The molecule has 0 aliphatic carbocycles. The molecule has 1 aromatic carbocycles. The highest BCUT2D eigenvalue weighted by Gasteiger charge is 2.08. The lowest BCUT2D eigenvalue weighted by Gasteiger charge is -2.12. The Morgan fingerprint density at radius 1 is 1.32 bits per heavy atom. The SMILES string of the molecule is C#CCCCOc1c(Br)cc(CNCCC)cc1Br. The van der Waals surface area contributed by atoms with Gasteiger partial charge in [-0.3, -0.25) is 0 Å². The molecular weight excluding hydrogens is 370 g/mol. The van der Waals surface area contributed by atoms with Gasteiger partial charge in [0.2, 0.25) is 0 Å². The van der Waals surface area contributed by atoms with E-state index >= 15 is 0 Å². The van der Waals surface area contributed by atoms with Crippen molar-refractivity contribution in [2.75, 3.05) is 13.2 Å². The molecule has 104 valence electrons. The Morgan fingerprint density at radius 2 is 2.00 bits per heavy atom. The molecule has 0 atom stereocenters. The maximum Gasteiger partial charge on any atom is 0.147 e. The van der Waals surface area contributed by atoms with Crippen LogP contribution in [0.3, 0.4) is 0 Å². The van der Waals surface area contributed by atoms with Gasteiger partial charge in [-0.05, 0) is 68.9 Å². The molecule has 0 bridgehead atoms. The summed E-state index contributed by atoms with van der Waals surface area (Å²) < 4.78 is 7.68. The van der Waals surface area contributed by atoms with Gasteiger partial charge >= 0.3 is 0 Å². The molecule has 0 heterocycles. The summed E-state index contributed by atoms with van der Waals surface area (Å²) in [7, 11) is 0. The lowest BCUT2D eigenvalue weighted by molar-refractivity contribution is 0.309. The summed E-state index contributed by atoms with van der Waals surface area (Å²) in [6.45, 7) is 4.68. The molecule has 0 aromatic heterocycles. The van der Waals surface area contributed by atoms with E-state index in [1.165, 1.54) is 5.56 Å². The summed E-state index contributed by atoms with van der Waals surface area (Å²) in [5.74, 6) is 3.45. The highest BCUT2D eigenvalue weighted by molar-refractivity contribution is 9.11. The highest BCUT2D eigenvalue weighted by Crippen LogP contribution is 2.34. The van der Waals surface area contributed by atoms with E-state index in [2.05, 4.69) is 62.2 Å². The van der Waals surface area contributed by atoms with E-state index in [0.29, 0.717) is 6.61 Å². The van der Waals surface area contributed by atoms with Crippen molar-refractivity contribution in [2.45, 2.75) is 32.7 Å². The van der Waals surface area contributed by atoms with Gasteiger partial charge in [0.1, 0.15) is 5.75 Å². The average molecular weight is 389 g/mol. The molecule has 0 spiro atoms. The van der Waals surface area contributed by atoms with Crippen LogP contribution in [0.1, 0.15) is 31.7 Å². The predicted molar refractivity (Wildman–Crippen MR) is 87.4 cm³/mol. The zero-order valence-corrected chi connectivity index (χ0v) is 14.3. The number of nitrogens with one attached hydrogen (secondary N) is 1. The van der Waals surface area contributed by atoms with Crippen molar-refractivity contribution in [3.63, 3.8) is 0 Å². The number of benzene rings is 1. The van der Waals surface area contributed by atoms with Crippen LogP contribution in [-0.4, -0.2) is 13.2 Å². The van der Waals surface area contributed by atoms with Crippen molar-refractivity contribution in [1.82, 2.24) is 5.32 Å². The molecule has 1 aromatic rings. The third kappa shape index (κ3) is 5.99. The minimum absolute atomic E-state index is 0.634. The molecule has 0 aliphatic heterocycles. The van der Waals surface area contributed by atoms with Crippen LogP contribution >= 0.6 is 31.9 Å². The van der Waals surface area contributed by atoms with E-state index in [9.17, 15) is 0 Å². The number of ether oxygens (including phenoxy) is 1. The fourth-order valence-electron chi connectivity index (χ4n) is 1.61. The number of hydrogen-bond donors (Lipinski definition) is 1. The second-order valence-electron chi connectivity index (χ2n) is 4.22. The molecule has 4 heteroatoms. The summed E-state index contributed by atoms with van der Waals surface area (Å²) in [5, 5.41) is 3.38. The zero-order valence-electron chi connectivity index (χ0n) is 11.1. The standard InChI is InChI=1S/C15H19Br2NO/c1-3-5-6-8-19-15-13(16)9-12(10-14(15)17)11-18-7-4-2/h1,9-10,18H,4-8,11H2,2H3. The summed E-state index contributed by atoms with van der Waals surface area (Å²) in [6, 6.07) is 4.17. The summed E-state index contributed by atoms with van der Waals surface area (Å²) in [5.41, 5.74) is 1.23. The molecule has 19 heavy (non-hydrogen) atoms. The first kappa shape index (κ1) is 16.6. The van der Waals surface area contributed by atoms with Gasteiger partial charge < -0.3 is 10.1 Å². The van der Waals surface area contributed by atoms with Gasteiger partial charge in [-0.25, -0.2) is 0 Å². The van der Waals surface area contributed by atoms with Crippen LogP contribution in [-0.2, 0) is 6.54 Å². The average Bonchev–Trinajstić information content (AvgIpc) is 2.37. The second kappa shape index (κ2) is 9.41. The second-order valence-corrected chi connectivity index (χ2v) is 5.93. The molecule has 0 unspecified atom stereocenters. The zero-order chi connectivity index (χ0) is 14.1. The van der Waals surface area contributed by atoms with Crippen LogP contribution in [0.2, 0.25) is 0 Å². The molecule has 0 saturated heterocycles. The highest BCUT2D eigenvalue weighted by atomic mass is 79.9. The molecule has 0 aliphatic rings. The van der Waals surface area contributed by atoms with E-state index in [1.807, 2.05) is 0 Å². The number of hydrogen-bond acceptors (Lipinski definition) is 2. The van der Waals surface area contributed by atoms with Crippen molar-refractivity contribution >= 4 is 31.9 Å². The maximum atomic E-state index is 5.74. The van der Waals surface area contributed by atoms with Crippen LogP contribution in [0.4, 0.5) is 0 Å². The fraction of sp³-hybridized carbons (Fsp3) is 0.467. The molecule has 1 rings (SSSR count). The number of unbranched alkanes of at least 4 members (excludes halogenated alkanes) is 1. The Bertz CT molecular complexity index is 417. The van der Waals surface area contributed by atoms with Crippen LogP contribution in [0.25, 0.3) is 0 Å². The lowest BCUT2D eigenvalue weighted by Crippen LogP contribution is -2.13. The van der Waals surface area contributed by atoms with E-state index < -0.39 is 0 Å². The molecule has 0 fully saturated rings. The Hall–Kier alpha value is -0.500. The first-order valence-corrected chi connectivity index (χ1v) is 8.02. The van der Waals surface area contributed by atoms with Crippen molar-refractivity contribution in [1.29, 1.82) is 0 Å². The van der Waals surface area contributed by atoms with Crippen LogP contribution < -0.4 is 10.1 Å². The summed E-state index contributed by atoms with van der Waals surface area (Å²) >= 11 is 7.11. The van der Waals surface area contributed by atoms with Crippen LogP contribution in [0.15, 0.2) is 21.1 Å². The molecule has 0 amide bonds. The van der Waals surface area contributed by atoms with Crippen molar-refractivity contribution in [3.05, 3.63) is 26.6 Å². The number of terminal acetylenes is 1. The predicted octanol–water partition coefficient (Wildman–Crippen LogP) is 4.50. The topological polar surface area (TPSA) is 21.3 Å². The van der Waals surface area contributed by atoms with Crippen molar-refractivity contribution < 1.29 is 4.74 Å². The third-order valence-electron chi connectivity index (χ3n) is 2.53. The van der Waals surface area contributed by atoms with Gasteiger partial charge in [-0.2, -0.15) is 0 Å². The third-order valence-corrected chi connectivity index (χ3v) is 3.70. The van der Waals surface area contributed by atoms with Crippen molar-refractivity contribution in [2.24, 2.45) is 0 Å². The Morgan fingerprint density at radius 3 is 2.58 bits per heavy atom. The Kier molecular flexibility index (Phi) is 8.20. The van der Waals surface area contributed by atoms with Crippen LogP contribution in [0, 0.1) is 12.3 Å². The Labute approximate surface area is 132 Å². The van der Waals surface area contributed by atoms with Crippen LogP contribution in [0.5, 0.6) is 5.75 Å². The molecular formula is C15H19Br2NO. The van der Waals surface area contributed by atoms with Gasteiger partial charge in [0, 0.05) is 13.0 Å². The maximum absolute atomic E-state index is 5.74. The largest absolute Gasteiger partial charge is 0.491 e.